The molecule has 0 heterocycles. The molecule has 2 nitrogen and oxygen atoms in total. The summed E-state index contributed by atoms with van der Waals surface area (Å²) in [6, 6.07) is 14.7. The van der Waals surface area contributed by atoms with Gasteiger partial charge in [-0.25, -0.2) is 0 Å². The van der Waals surface area contributed by atoms with Crippen LogP contribution < -0.4 is 0 Å². The van der Waals surface area contributed by atoms with Gasteiger partial charge in [0.05, 0.1) is 0 Å². The Morgan fingerprint density at radius 2 is 1.55 bits per heavy atom. The maximum atomic E-state index is 11.5. The van der Waals surface area contributed by atoms with Gasteiger partial charge in [-0.3, -0.25) is 9.59 Å². The van der Waals surface area contributed by atoms with Crippen LogP contribution in [0.2, 0.25) is 0 Å². The quantitative estimate of drug-likeness (QED) is 0.775. The van der Waals surface area contributed by atoms with Crippen LogP contribution in [-0.2, 0) is 12.8 Å². The molecule has 0 amide bonds. The van der Waals surface area contributed by atoms with Gasteiger partial charge in [0.25, 0.3) is 10.5 Å². The Morgan fingerprint density at radius 1 is 0.850 bits per heavy atom. The molecule has 0 aromatic heterocycles. The lowest BCUT2D eigenvalue weighted by Crippen LogP contribution is -2.02. The zero-order chi connectivity index (χ0) is 14.5. The molecule has 0 fully saturated rings. The van der Waals surface area contributed by atoms with E-state index in [2.05, 4.69) is 0 Å². The van der Waals surface area contributed by atoms with Gasteiger partial charge in [-0.15, -0.1) is 0 Å². The average molecular weight is 307 g/mol. The third kappa shape index (κ3) is 3.69. The monoisotopic (exact) mass is 306 g/mol. The highest BCUT2D eigenvalue weighted by atomic mass is 35.5. The molecule has 0 aliphatic heterocycles. The van der Waals surface area contributed by atoms with Gasteiger partial charge in [0.2, 0.25) is 0 Å². The van der Waals surface area contributed by atoms with Crippen LogP contribution >= 0.6 is 23.2 Å². The smallest absolute Gasteiger partial charge is 0.252 e. The van der Waals surface area contributed by atoms with E-state index in [9.17, 15) is 9.59 Å². The van der Waals surface area contributed by atoms with Crippen molar-refractivity contribution in [3.8, 4) is 0 Å². The average Bonchev–Trinajstić information content (AvgIpc) is 2.45. The second-order valence-electron chi connectivity index (χ2n) is 4.40. The highest BCUT2D eigenvalue weighted by Crippen LogP contribution is 2.18. The van der Waals surface area contributed by atoms with Crippen molar-refractivity contribution in [3.05, 3.63) is 70.8 Å². The standard InChI is InChI=1S/C16H12Cl2O2/c17-15(19)13-9-8-12(14(10-13)16(18)20)7-6-11-4-2-1-3-5-11/h1-5,8-10H,6-7H2. The number of benzene rings is 2. The van der Waals surface area contributed by atoms with Gasteiger partial charge >= 0.3 is 0 Å². The van der Waals surface area contributed by atoms with Crippen molar-refractivity contribution in [2.75, 3.05) is 0 Å². The van der Waals surface area contributed by atoms with Crippen LogP contribution in [0.1, 0.15) is 31.8 Å². The first-order chi connectivity index (χ1) is 9.58. The van der Waals surface area contributed by atoms with Crippen molar-refractivity contribution in [1.29, 1.82) is 0 Å². The summed E-state index contributed by atoms with van der Waals surface area (Å²) >= 11 is 11.0. The molecular weight excluding hydrogens is 295 g/mol. The van der Waals surface area contributed by atoms with E-state index in [1.165, 1.54) is 11.6 Å². The van der Waals surface area contributed by atoms with E-state index in [0.717, 1.165) is 12.0 Å². The van der Waals surface area contributed by atoms with Gasteiger partial charge in [0.15, 0.2) is 0 Å². The Labute approximate surface area is 127 Å². The van der Waals surface area contributed by atoms with E-state index >= 15 is 0 Å². The molecule has 0 saturated carbocycles. The summed E-state index contributed by atoms with van der Waals surface area (Å²) in [4.78, 5) is 22.6. The highest BCUT2D eigenvalue weighted by molar-refractivity contribution is 6.69. The molecule has 0 radical (unpaired) electrons. The zero-order valence-corrected chi connectivity index (χ0v) is 12.1. The third-order valence-corrected chi connectivity index (χ3v) is 3.50. The summed E-state index contributed by atoms with van der Waals surface area (Å²) in [6.07, 6.45) is 1.47. The van der Waals surface area contributed by atoms with Crippen molar-refractivity contribution in [3.63, 3.8) is 0 Å². The number of hydrogen-bond donors (Lipinski definition) is 0. The first-order valence-electron chi connectivity index (χ1n) is 6.14. The molecule has 2 aromatic carbocycles. The van der Waals surface area contributed by atoms with Crippen LogP contribution in [0.25, 0.3) is 0 Å². The van der Waals surface area contributed by atoms with E-state index in [-0.39, 0.29) is 5.56 Å². The lowest BCUT2D eigenvalue weighted by atomic mass is 9.98. The second kappa shape index (κ2) is 6.69. The topological polar surface area (TPSA) is 34.1 Å². The number of aryl methyl sites for hydroxylation is 2. The molecule has 0 atom stereocenters. The molecule has 102 valence electrons. The van der Waals surface area contributed by atoms with E-state index in [4.69, 9.17) is 23.2 Å². The molecule has 0 saturated heterocycles. The lowest BCUT2D eigenvalue weighted by Gasteiger charge is -2.07. The molecule has 0 unspecified atom stereocenters. The highest BCUT2D eigenvalue weighted by Gasteiger charge is 2.12. The third-order valence-electron chi connectivity index (χ3n) is 3.07. The maximum Gasteiger partial charge on any atom is 0.252 e. The summed E-state index contributed by atoms with van der Waals surface area (Å²) in [6.45, 7) is 0. The van der Waals surface area contributed by atoms with Crippen LogP contribution in [0.5, 0.6) is 0 Å². The molecule has 0 aliphatic carbocycles. The van der Waals surface area contributed by atoms with Crippen LogP contribution in [0.4, 0.5) is 0 Å². The zero-order valence-electron chi connectivity index (χ0n) is 10.6. The minimum Gasteiger partial charge on any atom is -0.276 e. The number of halogens is 2. The molecule has 0 spiro atoms. The fraction of sp³-hybridized carbons (Fsp3) is 0.125. The second-order valence-corrected chi connectivity index (χ2v) is 5.09. The normalized spacial score (nSPS) is 10.3. The lowest BCUT2D eigenvalue weighted by molar-refractivity contribution is 0.107. The van der Waals surface area contributed by atoms with Gasteiger partial charge < -0.3 is 0 Å². The molecule has 0 N–H and O–H groups in total. The number of carbonyl (C=O) groups excluding carboxylic acids is 2. The number of hydrogen-bond acceptors (Lipinski definition) is 2. The summed E-state index contributed by atoms with van der Waals surface area (Å²) < 4.78 is 0. The molecular formula is C16H12Cl2O2. The van der Waals surface area contributed by atoms with Crippen molar-refractivity contribution < 1.29 is 9.59 Å². The van der Waals surface area contributed by atoms with E-state index in [1.807, 2.05) is 30.3 Å². The molecule has 2 aromatic rings. The Bertz CT molecular complexity index is 636. The fourth-order valence-electron chi connectivity index (χ4n) is 2.02. The predicted octanol–water partition coefficient (Wildman–Crippen LogP) is 4.23. The van der Waals surface area contributed by atoms with Gasteiger partial charge in [-0.1, -0.05) is 36.4 Å². The van der Waals surface area contributed by atoms with E-state index in [1.54, 1.807) is 12.1 Å². The molecule has 0 aliphatic rings. The van der Waals surface area contributed by atoms with Crippen molar-refractivity contribution in [2.45, 2.75) is 12.8 Å². The minimum absolute atomic E-state index is 0.277. The number of rotatable bonds is 5. The Morgan fingerprint density at radius 3 is 2.15 bits per heavy atom. The van der Waals surface area contributed by atoms with E-state index < -0.39 is 10.5 Å². The first kappa shape index (κ1) is 14.8. The summed E-state index contributed by atoms with van der Waals surface area (Å²) in [5.74, 6) is 0. The van der Waals surface area contributed by atoms with E-state index in [0.29, 0.717) is 12.0 Å². The predicted molar refractivity (Wildman–Crippen MR) is 80.7 cm³/mol. The van der Waals surface area contributed by atoms with Crippen LogP contribution in [0.3, 0.4) is 0 Å². The van der Waals surface area contributed by atoms with Crippen LogP contribution in [-0.4, -0.2) is 10.5 Å². The van der Waals surface area contributed by atoms with Crippen LogP contribution in [0.15, 0.2) is 48.5 Å². The Hall–Kier alpha value is -1.64. The SMILES string of the molecule is O=C(Cl)c1ccc(CCc2ccccc2)c(C(=O)Cl)c1. The summed E-state index contributed by atoms with van der Waals surface area (Å²) in [5.41, 5.74) is 2.61. The molecule has 2 rings (SSSR count). The van der Waals surface area contributed by atoms with Gasteiger partial charge in [-0.2, -0.15) is 0 Å². The van der Waals surface area contributed by atoms with Gasteiger partial charge in [0, 0.05) is 11.1 Å². The Kier molecular flexibility index (Phi) is 4.94. The molecule has 0 bridgehead atoms. The Balaban J connectivity index is 2.23. The van der Waals surface area contributed by atoms with Crippen LogP contribution in [0, 0.1) is 0 Å². The largest absolute Gasteiger partial charge is 0.276 e. The van der Waals surface area contributed by atoms with Gasteiger partial charge in [0.1, 0.15) is 0 Å². The van der Waals surface area contributed by atoms with Crippen molar-refractivity contribution >= 4 is 33.7 Å². The summed E-state index contributed by atoms with van der Waals surface area (Å²) in [5, 5.41) is -1.17. The summed E-state index contributed by atoms with van der Waals surface area (Å²) in [7, 11) is 0. The number of carbonyl (C=O) groups is 2. The first-order valence-corrected chi connectivity index (χ1v) is 6.90. The molecule has 4 heteroatoms. The van der Waals surface area contributed by atoms with Crippen molar-refractivity contribution in [1.82, 2.24) is 0 Å². The maximum absolute atomic E-state index is 11.5. The van der Waals surface area contributed by atoms with Gasteiger partial charge in [-0.05, 0) is 59.3 Å². The fourth-order valence-corrected chi connectivity index (χ4v) is 2.32. The molecule has 20 heavy (non-hydrogen) atoms. The van der Waals surface area contributed by atoms with Crippen molar-refractivity contribution in [2.24, 2.45) is 0 Å². The minimum atomic E-state index is -0.598.